The highest BCUT2D eigenvalue weighted by Crippen LogP contribution is 2.33. The summed E-state index contributed by atoms with van der Waals surface area (Å²) in [7, 11) is 4.95. The summed E-state index contributed by atoms with van der Waals surface area (Å²) in [5, 5.41) is 13.4. The van der Waals surface area contributed by atoms with Crippen LogP contribution in [0.1, 0.15) is 31.2 Å². The lowest BCUT2D eigenvalue weighted by atomic mass is 9.90. The van der Waals surface area contributed by atoms with E-state index < -0.39 is 6.10 Å². The van der Waals surface area contributed by atoms with Crippen molar-refractivity contribution in [2.24, 2.45) is 11.8 Å². The van der Waals surface area contributed by atoms with Gasteiger partial charge in [-0.2, -0.15) is 0 Å². The Labute approximate surface area is 237 Å². The van der Waals surface area contributed by atoms with Crippen LogP contribution in [0.15, 0.2) is 71.7 Å². The summed E-state index contributed by atoms with van der Waals surface area (Å²) in [5.41, 5.74) is 2.27. The lowest BCUT2D eigenvalue weighted by molar-refractivity contribution is -0.131. The summed E-state index contributed by atoms with van der Waals surface area (Å²) in [6.07, 6.45) is 10.1. The van der Waals surface area contributed by atoms with E-state index in [0.29, 0.717) is 43.4 Å². The topological polar surface area (TPSA) is 71.5 Å². The Morgan fingerprint density at radius 2 is 1.90 bits per heavy atom. The molecule has 1 aliphatic carbocycles. The van der Waals surface area contributed by atoms with Gasteiger partial charge in [0.05, 0.1) is 27.4 Å². The summed E-state index contributed by atoms with van der Waals surface area (Å²) in [4.78, 5) is 17.7. The van der Waals surface area contributed by atoms with E-state index in [9.17, 15) is 9.90 Å². The third-order valence-electron chi connectivity index (χ3n) is 8.49. The average Bonchev–Trinajstić information content (AvgIpc) is 3.27. The van der Waals surface area contributed by atoms with Crippen molar-refractivity contribution in [3.8, 4) is 5.75 Å². The molecular weight excluding hydrogens is 504 g/mol. The Morgan fingerprint density at radius 1 is 1.05 bits per heavy atom. The van der Waals surface area contributed by atoms with Crippen LogP contribution in [0.3, 0.4) is 0 Å². The van der Waals surface area contributed by atoms with Crippen molar-refractivity contribution in [1.82, 2.24) is 9.80 Å². The van der Waals surface area contributed by atoms with Crippen LogP contribution in [0.25, 0.3) is 10.8 Å². The molecule has 2 aliphatic heterocycles. The van der Waals surface area contributed by atoms with Gasteiger partial charge in [-0.05, 0) is 71.5 Å². The highest BCUT2D eigenvalue weighted by Gasteiger charge is 2.30. The number of benzene rings is 2. The predicted octanol–water partition coefficient (Wildman–Crippen LogP) is 4.70. The molecule has 2 aromatic rings. The van der Waals surface area contributed by atoms with E-state index in [2.05, 4.69) is 29.2 Å². The first-order valence-corrected chi connectivity index (χ1v) is 14.4. The van der Waals surface area contributed by atoms with Gasteiger partial charge in [0.2, 0.25) is 5.91 Å². The summed E-state index contributed by atoms with van der Waals surface area (Å²) in [5.74, 6) is 2.81. The van der Waals surface area contributed by atoms with Crippen LogP contribution < -0.4 is 4.74 Å². The number of rotatable bonds is 9. The van der Waals surface area contributed by atoms with Crippen molar-refractivity contribution in [3.63, 3.8) is 0 Å². The lowest BCUT2D eigenvalue weighted by Crippen LogP contribution is -2.41. The standard InChI is InChI=1S/C33H42N2O5/c1-38-29-10-11-30-25(8-6-9-26(30)16-29)15-28(36)22-34-13-5-4-7-23(20-34)21-35-14-12-24-17-31(39-2)32(40-3)18-27(24)19-33(35)37/h6,8-12,16-18,23,27-28,36H,4-5,7,13-15,19-22H2,1-3H3. The zero-order valence-electron chi connectivity index (χ0n) is 24.0. The fraction of sp³-hybridized carbons (Fsp3) is 0.485. The zero-order chi connectivity index (χ0) is 28.1. The molecule has 214 valence electrons. The Kier molecular flexibility index (Phi) is 9.12. The van der Waals surface area contributed by atoms with Crippen molar-refractivity contribution in [1.29, 1.82) is 0 Å². The number of allylic oxidation sites excluding steroid dienone is 3. The van der Waals surface area contributed by atoms with Crippen molar-refractivity contribution in [2.45, 2.75) is 38.2 Å². The SMILES string of the molecule is COC1=CC2=CCN(CC3CCCCN(CC(O)Cc4cccc5cc(OC)ccc45)C3)C(=O)CC2C=C1OC. The van der Waals surface area contributed by atoms with Crippen LogP contribution in [0.4, 0.5) is 0 Å². The minimum absolute atomic E-state index is 0.0160. The second kappa shape index (κ2) is 12.9. The summed E-state index contributed by atoms with van der Waals surface area (Å²) in [6, 6.07) is 12.3. The minimum atomic E-state index is -0.456. The number of hydrogen-bond acceptors (Lipinski definition) is 6. The van der Waals surface area contributed by atoms with E-state index in [0.717, 1.165) is 66.6 Å². The van der Waals surface area contributed by atoms with Gasteiger partial charge in [0, 0.05) is 44.9 Å². The van der Waals surface area contributed by atoms with E-state index in [1.807, 2.05) is 35.3 Å². The Hall–Kier alpha value is -3.29. The minimum Gasteiger partial charge on any atom is -0.497 e. The molecule has 1 fully saturated rings. The molecule has 40 heavy (non-hydrogen) atoms. The van der Waals surface area contributed by atoms with Gasteiger partial charge in [-0.3, -0.25) is 4.79 Å². The number of methoxy groups -OCH3 is 3. The lowest BCUT2D eigenvalue weighted by Gasteiger charge is -2.30. The number of carbonyl (C=O) groups is 1. The number of aliphatic hydroxyl groups excluding tert-OH is 1. The second-order valence-electron chi connectivity index (χ2n) is 11.2. The number of carbonyl (C=O) groups excluding carboxylic acids is 1. The van der Waals surface area contributed by atoms with Crippen molar-refractivity contribution >= 4 is 16.7 Å². The number of β-amino-alcohol motifs (C(OH)–C–C–N with tert-alkyl or cyclic N) is 1. The summed E-state index contributed by atoms with van der Waals surface area (Å²) in [6.45, 7) is 3.87. The normalized spacial score (nSPS) is 22.9. The number of amides is 1. The Morgan fingerprint density at radius 3 is 2.70 bits per heavy atom. The molecule has 0 aromatic heterocycles. The van der Waals surface area contributed by atoms with Crippen molar-refractivity contribution < 1.29 is 24.1 Å². The molecule has 2 heterocycles. The van der Waals surface area contributed by atoms with Crippen LogP contribution in [-0.4, -0.2) is 81.0 Å². The highest BCUT2D eigenvalue weighted by atomic mass is 16.5. The molecule has 0 saturated carbocycles. The van der Waals surface area contributed by atoms with E-state index in [1.165, 1.54) is 0 Å². The van der Waals surface area contributed by atoms with Gasteiger partial charge in [-0.15, -0.1) is 0 Å². The largest absolute Gasteiger partial charge is 0.497 e. The first-order valence-electron chi connectivity index (χ1n) is 14.4. The zero-order valence-corrected chi connectivity index (χ0v) is 24.0. The predicted molar refractivity (Wildman–Crippen MR) is 157 cm³/mol. The van der Waals surface area contributed by atoms with Crippen LogP contribution in [0.5, 0.6) is 5.75 Å². The van der Waals surface area contributed by atoms with Gasteiger partial charge in [-0.25, -0.2) is 0 Å². The molecule has 3 aliphatic rings. The molecular formula is C33H42N2O5. The molecule has 3 atom stereocenters. The quantitative estimate of drug-likeness (QED) is 0.492. The van der Waals surface area contributed by atoms with Crippen LogP contribution in [0, 0.1) is 11.8 Å². The Balaban J connectivity index is 1.21. The van der Waals surface area contributed by atoms with Gasteiger partial charge < -0.3 is 29.1 Å². The molecule has 7 nitrogen and oxygen atoms in total. The molecule has 0 bridgehead atoms. The number of fused-ring (bicyclic) bond motifs is 2. The summed E-state index contributed by atoms with van der Waals surface area (Å²) < 4.78 is 16.3. The molecule has 3 unspecified atom stereocenters. The first kappa shape index (κ1) is 28.2. The van der Waals surface area contributed by atoms with Crippen LogP contribution in [0.2, 0.25) is 0 Å². The van der Waals surface area contributed by atoms with E-state index in [4.69, 9.17) is 14.2 Å². The molecule has 1 amide bonds. The van der Waals surface area contributed by atoms with Crippen LogP contribution in [-0.2, 0) is 20.7 Å². The third-order valence-corrected chi connectivity index (χ3v) is 8.49. The van der Waals surface area contributed by atoms with E-state index in [-0.39, 0.29) is 11.8 Å². The molecule has 0 radical (unpaired) electrons. The van der Waals surface area contributed by atoms with Crippen LogP contribution >= 0.6 is 0 Å². The Bertz CT molecular complexity index is 1300. The monoisotopic (exact) mass is 546 g/mol. The molecule has 7 heteroatoms. The van der Waals surface area contributed by atoms with Gasteiger partial charge in [-0.1, -0.05) is 36.8 Å². The maximum Gasteiger partial charge on any atom is 0.223 e. The second-order valence-corrected chi connectivity index (χ2v) is 11.2. The fourth-order valence-corrected chi connectivity index (χ4v) is 6.41. The smallest absolute Gasteiger partial charge is 0.223 e. The molecule has 1 N–H and O–H groups in total. The number of hydrogen-bond donors (Lipinski definition) is 1. The molecule has 5 rings (SSSR count). The van der Waals surface area contributed by atoms with Gasteiger partial charge in [0.25, 0.3) is 0 Å². The number of ether oxygens (including phenoxy) is 3. The van der Waals surface area contributed by atoms with Crippen molar-refractivity contribution in [2.75, 3.05) is 54.1 Å². The van der Waals surface area contributed by atoms with Crippen molar-refractivity contribution in [3.05, 3.63) is 77.3 Å². The maximum atomic E-state index is 13.3. The number of nitrogens with zero attached hydrogens (tertiary/aromatic N) is 2. The highest BCUT2D eigenvalue weighted by molar-refractivity contribution is 5.87. The summed E-state index contributed by atoms with van der Waals surface area (Å²) >= 11 is 0. The molecule has 2 aromatic carbocycles. The average molecular weight is 547 g/mol. The van der Waals surface area contributed by atoms with Gasteiger partial charge in [0.15, 0.2) is 11.5 Å². The fourth-order valence-electron chi connectivity index (χ4n) is 6.41. The van der Waals surface area contributed by atoms with Gasteiger partial charge in [0.1, 0.15) is 5.75 Å². The van der Waals surface area contributed by atoms with E-state index >= 15 is 0 Å². The third kappa shape index (κ3) is 6.53. The number of likely N-dealkylation sites (tertiary alicyclic amines) is 1. The first-order chi connectivity index (χ1) is 19.5. The van der Waals surface area contributed by atoms with E-state index in [1.54, 1.807) is 21.3 Å². The molecule has 1 saturated heterocycles. The molecule has 0 spiro atoms. The van der Waals surface area contributed by atoms with Gasteiger partial charge >= 0.3 is 0 Å². The number of aliphatic hydroxyl groups is 1. The maximum absolute atomic E-state index is 13.3.